The first-order valence-electron chi connectivity index (χ1n) is 8.42. The fraction of sp³-hybridized carbons (Fsp3) is 0.300. The Bertz CT molecular complexity index is 774. The number of nitrogens with zero attached hydrogens (tertiary/aromatic N) is 1. The number of benzene rings is 2. The molecule has 3 rings (SSSR count). The van der Waals surface area contributed by atoms with Gasteiger partial charge in [-0.25, -0.2) is 0 Å². The van der Waals surface area contributed by atoms with E-state index >= 15 is 0 Å². The van der Waals surface area contributed by atoms with E-state index in [2.05, 4.69) is 17.4 Å². The molecule has 0 saturated carbocycles. The summed E-state index contributed by atoms with van der Waals surface area (Å²) in [4.78, 5) is 26.6. The monoisotopic (exact) mass is 356 g/mol. The van der Waals surface area contributed by atoms with Gasteiger partial charge in [-0.05, 0) is 42.2 Å². The lowest BCUT2D eigenvalue weighted by molar-refractivity contribution is -0.136. The number of halogens is 1. The van der Waals surface area contributed by atoms with Crippen molar-refractivity contribution in [2.75, 3.05) is 6.54 Å². The predicted molar refractivity (Wildman–Crippen MR) is 98.3 cm³/mol. The van der Waals surface area contributed by atoms with Crippen molar-refractivity contribution in [3.8, 4) is 0 Å². The Morgan fingerprint density at radius 3 is 2.52 bits per heavy atom. The lowest BCUT2D eigenvalue weighted by Gasteiger charge is -2.31. The predicted octanol–water partition coefficient (Wildman–Crippen LogP) is 2.97. The third kappa shape index (κ3) is 4.40. The zero-order chi connectivity index (χ0) is 17.8. The van der Waals surface area contributed by atoms with Gasteiger partial charge in [0.1, 0.15) is 6.04 Å². The Hall–Kier alpha value is -2.33. The minimum Gasteiger partial charge on any atom is -0.344 e. The SMILES string of the molecule is C[C@@H](NC(=O)Cc1ccc(Cl)cc1)C(=O)N1CCc2ccccc2C1. The second-order valence-electron chi connectivity index (χ2n) is 6.37. The van der Waals surface area contributed by atoms with Gasteiger partial charge < -0.3 is 10.2 Å². The number of hydrogen-bond acceptors (Lipinski definition) is 2. The second-order valence-corrected chi connectivity index (χ2v) is 6.81. The molecule has 2 aromatic rings. The lowest BCUT2D eigenvalue weighted by atomic mass is 9.99. The number of rotatable bonds is 4. The minimum atomic E-state index is -0.537. The van der Waals surface area contributed by atoms with E-state index in [4.69, 9.17) is 11.6 Å². The van der Waals surface area contributed by atoms with Crippen molar-refractivity contribution >= 4 is 23.4 Å². The molecule has 1 heterocycles. The molecule has 1 N–H and O–H groups in total. The third-order valence-corrected chi connectivity index (χ3v) is 4.72. The van der Waals surface area contributed by atoms with Crippen molar-refractivity contribution in [3.05, 3.63) is 70.2 Å². The molecule has 1 aliphatic rings. The molecule has 0 spiro atoms. The van der Waals surface area contributed by atoms with Crippen LogP contribution in [0, 0.1) is 0 Å². The molecule has 0 unspecified atom stereocenters. The smallest absolute Gasteiger partial charge is 0.245 e. The van der Waals surface area contributed by atoms with Crippen LogP contribution in [0.3, 0.4) is 0 Å². The molecule has 1 aliphatic heterocycles. The highest BCUT2D eigenvalue weighted by Crippen LogP contribution is 2.19. The van der Waals surface area contributed by atoms with Crippen LogP contribution < -0.4 is 5.32 Å². The topological polar surface area (TPSA) is 49.4 Å². The van der Waals surface area contributed by atoms with E-state index in [-0.39, 0.29) is 18.2 Å². The fourth-order valence-corrected chi connectivity index (χ4v) is 3.23. The van der Waals surface area contributed by atoms with E-state index in [1.54, 1.807) is 19.1 Å². The van der Waals surface area contributed by atoms with E-state index in [1.165, 1.54) is 11.1 Å². The largest absolute Gasteiger partial charge is 0.344 e. The highest BCUT2D eigenvalue weighted by molar-refractivity contribution is 6.30. The molecule has 2 aromatic carbocycles. The zero-order valence-corrected chi connectivity index (χ0v) is 14.9. The number of amides is 2. The summed E-state index contributed by atoms with van der Waals surface area (Å²) in [7, 11) is 0. The molecular formula is C20H21ClN2O2. The summed E-state index contributed by atoms with van der Waals surface area (Å²) in [5.74, 6) is -0.209. The van der Waals surface area contributed by atoms with E-state index in [9.17, 15) is 9.59 Å². The van der Waals surface area contributed by atoms with Crippen LogP contribution in [0.4, 0.5) is 0 Å². The molecular weight excluding hydrogens is 336 g/mol. The first-order valence-corrected chi connectivity index (χ1v) is 8.80. The molecule has 0 fully saturated rings. The molecule has 130 valence electrons. The van der Waals surface area contributed by atoms with Gasteiger partial charge in [0.2, 0.25) is 11.8 Å². The minimum absolute atomic E-state index is 0.0426. The van der Waals surface area contributed by atoms with Crippen molar-refractivity contribution in [1.29, 1.82) is 0 Å². The average Bonchev–Trinajstić information content (AvgIpc) is 2.62. The van der Waals surface area contributed by atoms with Gasteiger partial charge in [-0.1, -0.05) is 48.0 Å². The highest BCUT2D eigenvalue weighted by atomic mass is 35.5. The summed E-state index contributed by atoms with van der Waals surface area (Å²) in [5, 5.41) is 3.44. The molecule has 0 saturated heterocycles. The Kier molecular flexibility index (Phi) is 5.39. The quantitative estimate of drug-likeness (QED) is 0.915. The Morgan fingerprint density at radius 2 is 1.80 bits per heavy atom. The van der Waals surface area contributed by atoms with Gasteiger partial charge in [0, 0.05) is 18.1 Å². The summed E-state index contributed by atoms with van der Waals surface area (Å²) in [6.07, 6.45) is 1.09. The molecule has 25 heavy (non-hydrogen) atoms. The third-order valence-electron chi connectivity index (χ3n) is 4.47. The van der Waals surface area contributed by atoms with Crippen molar-refractivity contribution < 1.29 is 9.59 Å². The number of carbonyl (C=O) groups is 2. The maximum atomic E-state index is 12.6. The summed E-state index contributed by atoms with van der Waals surface area (Å²) in [6, 6.07) is 14.8. The van der Waals surface area contributed by atoms with Gasteiger partial charge >= 0.3 is 0 Å². The standard InChI is InChI=1S/C20H21ClN2O2/c1-14(22-19(24)12-15-6-8-18(21)9-7-15)20(25)23-11-10-16-4-2-3-5-17(16)13-23/h2-9,14H,10-13H2,1H3,(H,22,24)/t14-/m1/s1. The Morgan fingerprint density at radius 1 is 1.12 bits per heavy atom. The van der Waals surface area contributed by atoms with E-state index in [0.717, 1.165) is 12.0 Å². The van der Waals surface area contributed by atoms with E-state index in [0.29, 0.717) is 18.1 Å². The Balaban J connectivity index is 1.56. The van der Waals surface area contributed by atoms with Gasteiger partial charge in [0.25, 0.3) is 0 Å². The van der Waals surface area contributed by atoms with Crippen molar-refractivity contribution in [1.82, 2.24) is 10.2 Å². The zero-order valence-electron chi connectivity index (χ0n) is 14.2. The summed E-state index contributed by atoms with van der Waals surface area (Å²) < 4.78 is 0. The maximum Gasteiger partial charge on any atom is 0.245 e. The first-order chi connectivity index (χ1) is 12.0. The molecule has 0 radical (unpaired) electrons. The molecule has 5 heteroatoms. The van der Waals surface area contributed by atoms with Crippen LogP contribution in [0.5, 0.6) is 0 Å². The van der Waals surface area contributed by atoms with Crippen LogP contribution in [0.2, 0.25) is 5.02 Å². The molecule has 2 amide bonds. The normalized spacial score (nSPS) is 14.6. The van der Waals surface area contributed by atoms with Crippen LogP contribution in [0.15, 0.2) is 48.5 Å². The van der Waals surface area contributed by atoms with Crippen LogP contribution in [-0.2, 0) is 29.0 Å². The molecule has 0 aliphatic carbocycles. The fourth-order valence-electron chi connectivity index (χ4n) is 3.10. The van der Waals surface area contributed by atoms with Crippen LogP contribution >= 0.6 is 11.6 Å². The van der Waals surface area contributed by atoms with Crippen molar-refractivity contribution in [2.24, 2.45) is 0 Å². The highest BCUT2D eigenvalue weighted by Gasteiger charge is 2.25. The van der Waals surface area contributed by atoms with E-state index in [1.807, 2.05) is 29.2 Å². The first kappa shape index (κ1) is 17.5. The number of carbonyl (C=O) groups excluding carboxylic acids is 2. The second kappa shape index (κ2) is 7.70. The number of hydrogen-bond donors (Lipinski definition) is 1. The summed E-state index contributed by atoms with van der Waals surface area (Å²) in [5.41, 5.74) is 3.35. The van der Waals surface area contributed by atoms with Gasteiger partial charge in [-0.3, -0.25) is 9.59 Å². The molecule has 0 bridgehead atoms. The molecule has 1 atom stereocenters. The average molecular weight is 357 g/mol. The van der Waals surface area contributed by atoms with Gasteiger partial charge in [-0.15, -0.1) is 0 Å². The molecule has 0 aromatic heterocycles. The number of nitrogens with one attached hydrogen (secondary N) is 1. The van der Waals surface area contributed by atoms with Crippen molar-refractivity contribution in [2.45, 2.75) is 32.4 Å². The van der Waals surface area contributed by atoms with Crippen molar-refractivity contribution in [3.63, 3.8) is 0 Å². The number of fused-ring (bicyclic) bond motifs is 1. The molecule has 4 nitrogen and oxygen atoms in total. The van der Waals surface area contributed by atoms with Gasteiger partial charge in [-0.2, -0.15) is 0 Å². The van der Waals surface area contributed by atoms with Crippen LogP contribution in [0.1, 0.15) is 23.6 Å². The van der Waals surface area contributed by atoms with Gasteiger partial charge in [0.15, 0.2) is 0 Å². The Labute approximate surface area is 152 Å². The maximum absolute atomic E-state index is 12.6. The van der Waals surface area contributed by atoms with Crippen LogP contribution in [-0.4, -0.2) is 29.3 Å². The van der Waals surface area contributed by atoms with E-state index < -0.39 is 6.04 Å². The lowest BCUT2D eigenvalue weighted by Crippen LogP contribution is -2.48. The van der Waals surface area contributed by atoms with Crippen LogP contribution in [0.25, 0.3) is 0 Å². The summed E-state index contributed by atoms with van der Waals surface area (Å²) >= 11 is 5.85. The van der Waals surface area contributed by atoms with Gasteiger partial charge in [0.05, 0.1) is 6.42 Å². The summed E-state index contributed by atoms with van der Waals surface area (Å²) in [6.45, 7) is 3.03.